The van der Waals surface area contributed by atoms with Gasteiger partial charge < -0.3 is 5.32 Å². The van der Waals surface area contributed by atoms with Gasteiger partial charge in [-0.05, 0) is 56.7 Å². The predicted molar refractivity (Wildman–Crippen MR) is 56.5 cm³/mol. The first kappa shape index (κ1) is 8.99. The molecule has 0 radical (unpaired) electrons. The molecule has 0 heterocycles. The third kappa shape index (κ3) is 2.44. The molecule has 0 fully saturated rings. The lowest BCUT2D eigenvalue weighted by Gasteiger charge is -2.01. The molecule has 2 nitrogen and oxygen atoms in total. The van der Waals surface area contributed by atoms with Crippen LogP contribution in [-0.4, -0.2) is 6.41 Å². The summed E-state index contributed by atoms with van der Waals surface area (Å²) in [6.45, 7) is 0. The second kappa shape index (κ2) is 4.06. The first-order chi connectivity index (χ1) is 5.24. The van der Waals surface area contributed by atoms with Crippen LogP contribution in [0.1, 0.15) is 0 Å². The zero-order valence-corrected chi connectivity index (χ0v) is 9.22. The molecule has 0 atom stereocenters. The number of nitrogens with one attached hydrogen (secondary N) is 1. The Morgan fingerprint density at radius 3 is 2.82 bits per heavy atom. The molecule has 0 saturated heterocycles. The summed E-state index contributed by atoms with van der Waals surface area (Å²) < 4.78 is 2.03. The van der Waals surface area contributed by atoms with Crippen LogP contribution in [0.25, 0.3) is 0 Å². The van der Waals surface area contributed by atoms with Crippen molar-refractivity contribution in [3.63, 3.8) is 0 Å². The van der Waals surface area contributed by atoms with Crippen LogP contribution in [0.5, 0.6) is 0 Å². The number of benzene rings is 1. The van der Waals surface area contributed by atoms with E-state index in [0.717, 1.165) is 13.7 Å². The van der Waals surface area contributed by atoms with Crippen LogP contribution in [0.3, 0.4) is 0 Å². The summed E-state index contributed by atoms with van der Waals surface area (Å²) in [5, 5.41) is 2.57. The molecule has 0 aliphatic heterocycles. The summed E-state index contributed by atoms with van der Waals surface area (Å²) in [5.41, 5.74) is 0.792. The van der Waals surface area contributed by atoms with Crippen molar-refractivity contribution in [2.45, 2.75) is 0 Å². The van der Waals surface area contributed by atoms with Crippen molar-refractivity contribution in [2.24, 2.45) is 0 Å². The van der Waals surface area contributed by atoms with E-state index >= 15 is 0 Å². The highest BCUT2D eigenvalue weighted by Gasteiger charge is 1.97. The normalized spacial score (nSPS) is 9.27. The largest absolute Gasteiger partial charge is 0.328 e. The maximum absolute atomic E-state index is 10.1. The zero-order valence-electron chi connectivity index (χ0n) is 5.47. The molecule has 0 unspecified atom stereocenters. The van der Waals surface area contributed by atoms with Crippen LogP contribution < -0.4 is 5.32 Å². The fourth-order valence-electron chi connectivity index (χ4n) is 0.670. The smallest absolute Gasteiger partial charge is 0.211 e. The van der Waals surface area contributed by atoms with Gasteiger partial charge in [0.05, 0.1) is 5.69 Å². The van der Waals surface area contributed by atoms with Gasteiger partial charge >= 0.3 is 0 Å². The lowest BCUT2D eigenvalue weighted by Crippen LogP contribution is -1.94. The third-order valence-electron chi connectivity index (χ3n) is 1.15. The maximum Gasteiger partial charge on any atom is 0.211 e. The molecule has 11 heavy (non-hydrogen) atoms. The lowest BCUT2D eigenvalue weighted by atomic mass is 10.3. The van der Waals surface area contributed by atoms with Crippen molar-refractivity contribution in [1.29, 1.82) is 0 Å². The molecule has 0 saturated carbocycles. The van der Waals surface area contributed by atoms with Gasteiger partial charge in [0.25, 0.3) is 0 Å². The van der Waals surface area contributed by atoms with Crippen LogP contribution in [0.2, 0.25) is 0 Å². The molecule has 1 N–H and O–H groups in total. The SMILES string of the molecule is O=CNc1ccc(I)cc1Br. The Hall–Kier alpha value is -0.100. The van der Waals surface area contributed by atoms with E-state index in [1.165, 1.54) is 0 Å². The molecule has 0 aliphatic carbocycles. The molecule has 0 bridgehead atoms. The van der Waals surface area contributed by atoms with Gasteiger partial charge in [-0.3, -0.25) is 4.79 Å². The fourth-order valence-corrected chi connectivity index (χ4v) is 2.08. The van der Waals surface area contributed by atoms with Crippen molar-refractivity contribution in [3.8, 4) is 0 Å². The second-order valence-corrected chi connectivity index (χ2v) is 3.99. The van der Waals surface area contributed by atoms with Crippen molar-refractivity contribution in [1.82, 2.24) is 0 Å². The molecule has 1 aromatic rings. The number of carbonyl (C=O) groups excluding carboxylic acids is 1. The average Bonchev–Trinajstić information content (AvgIpc) is 1.95. The lowest BCUT2D eigenvalue weighted by molar-refractivity contribution is -0.105. The number of hydrogen-bond donors (Lipinski definition) is 1. The molecule has 1 aromatic carbocycles. The fraction of sp³-hybridized carbons (Fsp3) is 0. The van der Waals surface area contributed by atoms with Gasteiger partial charge in [0.15, 0.2) is 0 Å². The second-order valence-electron chi connectivity index (χ2n) is 1.89. The monoisotopic (exact) mass is 325 g/mol. The van der Waals surface area contributed by atoms with E-state index in [-0.39, 0.29) is 0 Å². The van der Waals surface area contributed by atoms with Gasteiger partial charge in [0.2, 0.25) is 6.41 Å². The van der Waals surface area contributed by atoms with Gasteiger partial charge in [-0.2, -0.15) is 0 Å². The van der Waals surface area contributed by atoms with Gasteiger partial charge in [0.1, 0.15) is 0 Å². The van der Waals surface area contributed by atoms with Crippen LogP contribution >= 0.6 is 38.5 Å². The van der Waals surface area contributed by atoms with E-state index in [4.69, 9.17) is 0 Å². The van der Waals surface area contributed by atoms with Crippen LogP contribution in [-0.2, 0) is 4.79 Å². The van der Waals surface area contributed by atoms with Gasteiger partial charge in [-0.1, -0.05) is 0 Å². The molecule has 58 valence electrons. The van der Waals surface area contributed by atoms with E-state index in [1.807, 2.05) is 18.2 Å². The highest BCUT2D eigenvalue weighted by atomic mass is 127. The minimum absolute atomic E-state index is 0.660. The molecule has 0 aliphatic rings. The van der Waals surface area contributed by atoms with E-state index in [1.54, 1.807) is 0 Å². The number of amides is 1. The summed E-state index contributed by atoms with van der Waals surface area (Å²) in [6.07, 6.45) is 0.660. The Bertz CT molecular complexity index is 277. The summed E-state index contributed by atoms with van der Waals surface area (Å²) in [7, 11) is 0. The van der Waals surface area contributed by atoms with Crippen LogP contribution in [0.15, 0.2) is 22.7 Å². The van der Waals surface area contributed by atoms with Gasteiger partial charge in [0, 0.05) is 8.04 Å². The quantitative estimate of drug-likeness (QED) is 0.657. The number of rotatable bonds is 2. The summed E-state index contributed by atoms with van der Waals surface area (Å²) in [6, 6.07) is 5.71. The predicted octanol–water partition coefficient (Wildman–Crippen LogP) is 2.62. The zero-order chi connectivity index (χ0) is 8.27. The standard InChI is InChI=1S/C7H5BrINO/c8-6-3-5(9)1-2-7(6)10-4-11/h1-4H,(H,10,11). The Balaban J connectivity index is 2.98. The summed E-state index contributed by atoms with van der Waals surface area (Å²) in [4.78, 5) is 10.1. The molecular formula is C7H5BrINO. The van der Waals surface area contributed by atoms with Crippen molar-refractivity contribution in [3.05, 3.63) is 26.2 Å². The van der Waals surface area contributed by atoms with Crippen molar-refractivity contribution < 1.29 is 4.79 Å². The Morgan fingerprint density at radius 2 is 2.27 bits per heavy atom. The summed E-state index contributed by atoms with van der Waals surface area (Å²) >= 11 is 5.53. The number of anilines is 1. The number of hydrogen-bond acceptors (Lipinski definition) is 1. The maximum atomic E-state index is 10.1. The van der Waals surface area contributed by atoms with Gasteiger partial charge in [-0.15, -0.1) is 0 Å². The van der Waals surface area contributed by atoms with E-state index in [2.05, 4.69) is 43.8 Å². The van der Waals surface area contributed by atoms with Crippen LogP contribution in [0.4, 0.5) is 5.69 Å². The molecule has 4 heteroatoms. The molecule has 0 spiro atoms. The van der Waals surface area contributed by atoms with E-state index < -0.39 is 0 Å². The first-order valence-corrected chi connectivity index (χ1v) is 4.76. The molecule has 1 amide bonds. The van der Waals surface area contributed by atoms with Crippen molar-refractivity contribution >= 4 is 50.6 Å². The highest BCUT2D eigenvalue weighted by molar-refractivity contribution is 14.1. The third-order valence-corrected chi connectivity index (χ3v) is 2.47. The van der Waals surface area contributed by atoms with Crippen LogP contribution in [0, 0.1) is 3.57 Å². The molecular weight excluding hydrogens is 321 g/mol. The minimum Gasteiger partial charge on any atom is -0.328 e. The van der Waals surface area contributed by atoms with E-state index in [0.29, 0.717) is 6.41 Å². The Labute approximate surface area is 86.6 Å². The Kier molecular flexibility index (Phi) is 3.32. The number of carbonyl (C=O) groups is 1. The number of halogens is 2. The molecule has 1 rings (SSSR count). The topological polar surface area (TPSA) is 29.1 Å². The van der Waals surface area contributed by atoms with E-state index in [9.17, 15) is 4.79 Å². The van der Waals surface area contributed by atoms with Crippen molar-refractivity contribution in [2.75, 3.05) is 5.32 Å². The minimum atomic E-state index is 0.660. The first-order valence-electron chi connectivity index (χ1n) is 2.89. The highest BCUT2D eigenvalue weighted by Crippen LogP contribution is 2.23. The Morgan fingerprint density at radius 1 is 1.55 bits per heavy atom. The average molecular weight is 326 g/mol. The van der Waals surface area contributed by atoms with Gasteiger partial charge in [-0.25, -0.2) is 0 Å². The summed E-state index contributed by atoms with van der Waals surface area (Å²) in [5.74, 6) is 0. The molecule has 0 aromatic heterocycles.